The van der Waals surface area contributed by atoms with Gasteiger partial charge in [-0.05, 0) is 55.1 Å². The van der Waals surface area contributed by atoms with Crippen LogP contribution in [-0.4, -0.2) is 16.3 Å². The quantitative estimate of drug-likeness (QED) is 0.480. The predicted molar refractivity (Wildman–Crippen MR) is 98.6 cm³/mol. The monoisotopic (exact) mass is 366 g/mol. The third-order valence-electron chi connectivity index (χ3n) is 3.18. The highest BCUT2D eigenvalue weighted by Gasteiger charge is 2.05. The zero-order chi connectivity index (χ0) is 17.5. The van der Waals surface area contributed by atoms with Gasteiger partial charge in [-0.25, -0.2) is 8.78 Å². The molecule has 0 aliphatic rings. The molecule has 0 amide bonds. The lowest BCUT2D eigenvalue weighted by Gasteiger charge is -2.08. The Morgan fingerprint density at radius 1 is 1.21 bits per heavy atom. The van der Waals surface area contributed by atoms with Crippen molar-refractivity contribution in [2.75, 3.05) is 6.26 Å². The number of hydrazone groups is 1. The summed E-state index contributed by atoms with van der Waals surface area (Å²) >= 11 is 6.42. The molecule has 0 heterocycles. The van der Waals surface area contributed by atoms with Crippen LogP contribution in [0.25, 0.3) is 0 Å². The van der Waals surface area contributed by atoms with E-state index in [1.807, 2.05) is 25.3 Å². The Hall–Kier alpha value is -1.99. The topological polar surface area (TPSA) is 33.6 Å². The van der Waals surface area contributed by atoms with Gasteiger partial charge in [-0.3, -0.25) is 5.43 Å². The van der Waals surface area contributed by atoms with Crippen molar-refractivity contribution in [3.8, 4) is 5.75 Å². The largest absolute Gasteiger partial charge is 0.489 e. The van der Waals surface area contributed by atoms with E-state index in [2.05, 4.69) is 10.5 Å². The van der Waals surface area contributed by atoms with Gasteiger partial charge in [0.25, 0.3) is 0 Å². The number of thioether (sulfide) groups is 1. The van der Waals surface area contributed by atoms with Gasteiger partial charge >= 0.3 is 0 Å². The van der Waals surface area contributed by atoms with Crippen LogP contribution in [0.4, 0.5) is 8.78 Å². The lowest BCUT2D eigenvalue weighted by Crippen LogP contribution is -2.13. The molecule has 0 unspecified atom stereocenters. The number of benzene rings is 2. The molecular weight excluding hydrogens is 350 g/mol. The molecule has 0 radical (unpaired) electrons. The van der Waals surface area contributed by atoms with Crippen LogP contribution in [0.3, 0.4) is 0 Å². The molecule has 0 spiro atoms. The normalized spacial score (nSPS) is 11.2. The molecule has 2 aromatic rings. The number of rotatable bonds is 5. The summed E-state index contributed by atoms with van der Waals surface area (Å²) < 4.78 is 32.5. The molecule has 1 N–H and O–H groups in total. The molecule has 0 atom stereocenters. The van der Waals surface area contributed by atoms with Crippen LogP contribution in [0, 0.1) is 11.6 Å². The summed E-state index contributed by atoms with van der Waals surface area (Å²) in [6.45, 7) is 1.89. The van der Waals surface area contributed by atoms with Crippen molar-refractivity contribution in [2.24, 2.45) is 5.10 Å². The first-order valence-corrected chi connectivity index (χ1v) is 8.68. The van der Waals surface area contributed by atoms with Gasteiger partial charge in [-0.2, -0.15) is 5.10 Å². The predicted octanol–water partition coefficient (Wildman–Crippen LogP) is 4.51. The number of thiocarbonyl (C=S) groups is 1. The highest BCUT2D eigenvalue weighted by Crippen LogP contribution is 2.16. The fraction of sp³-hybridized carbons (Fsp3) is 0.176. The van der Waals surface area contributed by atoms with Gasteiger partial charge in [0.1, 0.15) is 24.0 Å². The lowest BCUT2D eigenvalue weighted by molar-refractivity contribution is 0.299. The van der Waals surface area contributed by atoms with Crippen molar-refractivity contribution in [2.45, 2.75) is 13.5 Å². The zero-order valence-electron chi connectivity index (χ0n) is 13.2. The van der Waals surface area contributed by atoms with Crippen molar-refractivity contribution in [1.29, 1.82) is 0 Å². The van der Waals surface area contributed by atoms with Crippen LogP contribution in [0.2, 0.25) is 0 Å². The first-order valence-electron chi connectivity index (χ1n) is 7.05. The van der Waals surface area contributed by atoms with Crippen LogP contribution < -0.4 is 10.2 Å². The van der Waals surface area contributed by atoms with Crippen molar-refractivity contribution < 1.29 is 13.5 Å². The molecule has 0 fully saturated rings. The van der Waals surface area contributed by atoms with Gasteiger partial charge < -0.3 is 4.74 Å². The Kier molecular flexibility index (Phi) is 6.69. The average molecular weight is 366 g/mol. The van der Waals surface area contributed by atoms with Gasteiger partial charge in [0, 0.05) is 11.6 Å². The maximum Gasteiger partial charge on any atom is 0.153 e. The number of nitrogens with one attached hydrogen (secondary N) is 1. The standard InChI is InChI=1S/C17H16F2N2OS2/c1-11(20-21-17(23)24-2)12-4-7-15(8-5-12)22-10-13-3-6-14(18)9-16(13)19/h3-9H,10H2,1-2H3,(H,21,23)/b20-11+. The zero-order valence-corrected chi connectivity index (χ0v) is 14.8. The third-order valence-corrected chi connectivity index (χ3v) is 4.24. The molecule has 24 heavy (non-hydrogen) atoms. The molecule has 3 nitrogen and oxygen atoms in total. The Bertz CT molecular complexity index is 749. The van der Waals surface area contributed by atoms with Gasteiger partial charge in [0.2, 0.25) is 0 Å². The van der Waals surface area contributed by atoms with E-state index in [-0.39, 0.29) is 6.61 Å². The van der Waals surface area contributed by atoms with E-state index >= 15 is 0 Å². The van der Waals surface area contributed by atoms with Crippen molar-refractivity contribution in [1.82, 2.24) is 5.43 Å². The minimum Gasteiger partial charge on any atom is -0.489 e. The molecule has 0 aliphatic carbocycles. The minimum atomic E-state index is -0.620. The van der Waals surface area contributed by atoms with Gasteiger partial charge in [-0.1, -0.05) is 24.0 Å². The number of hydrogen-bond donors (Lipinski definition) is 1. The summed E-state index contributed by atoms with van der Waals surface area (Å²) in [5.41, 5.74) is 4.77. The highest BCUT2D eigenvalue weighted by atomic mass is 32.2. The van der Waals surface area contributed by atoms with Crippen LogP contribution >= 0.6 is 24.0 Å². The molecular formula is C17H16F2N2OS2. The summed E-state index contributed by atoms with van der Waals surface area (Å²) in [5.74, 6) is -0.641. The molecule has 126 valence electrons. The first kappa shape index (κ1) is 18.4. The van der Waals surface area contributed by atoms with E-state index in [0.717, 1.165) is 17.3 Å². The third kappa shape index (κ3) is 5.28. The first-order chi connectivity index (χ1) is 11.5. The molecule has 2 rings (SSSR count). The van der Waals surface area contributed by atoms with E-state index in [0.29, 0.717) is 15.6 Å². The van der Waals surface area contributed by atoms with Crippen LogP contribution in [0.15, 0.2) is 47.6 Å². The number of hydrogen-bond acceptors (Lipinski definition) is 4. The number of ether oxygens (including phenoxy) is 1. The van der Waals surface area contributed by atoms with Gasteiger partial charge in [-0.15, -0.1) is 0 Å². The fourth-order valence-corrected chi connectivity index (χ4v) is 2.01. The Balaban J connectivity index is 1.98. The Morgan fingerprint density at radius 3 is 2.54 bits per heavy atom. The maximum atomic E-state index is 13.5. The summed E-state index contributed by atoms with van der Waals surface area (Å²) in [4.78, 5) is 0. The summed E-state index contributed by atoms with van der Waals surface area (Å²) in [6, 6.07) is 10.6. The molecule has 2 aromatic carbocycles. The molecule has 0 aromatic heterocycles. The average Bonchev–Trinajstić information content (AvgIpc) is 2.59. The van der Waals surface area contributed by atoms with Gasteiger partial charge in [0.15, 0.2) is 4.32 Å². The molecule has 0 aliphatic heterocycles. The second-order valence-electron chi connectivity index (χ2n) is 4.85. The molecule has 0 saturated heterocycles. The molecule has 7 heteroatoms. The summed E-state index contributed by atoms with van der Waals surface area (Å²) in [7, 11) is 0. The SMILES string of the molecule is CSC(=S)N/N=C(\C)c1ccc(OCc2ccc(F)cc2F)cc1. The van der Waals surface area contributed by atoms with E-state index in [1.165, 1.54) is 23.9 Å². The second-order valence-corrected chi connectivity index (χ2v) is 6.33. The maximum absolute atomic E-state index is 13.5. The highest BCUT2D eigenvalue weighted by molar-refractivity contribution is 8.22. The van der Waals surface area contributed by atoms with Crippen molar-refractivity contribution in [3.63, 3.8) is 0 Å². The van der Waals surface area contributed by atoms with E-state index in [1.54, 1.807) is 12.1 Å². The van der Waals surface area contributed by atoms with E-state index in [9.17, 15) is 8.78 Å². The Labute approximate surface area is 149 Å². The van der Waals surface area contributed by atoms with Crippen LogP contribution in [0.5, 0.6) is 5.75 Å². The van der Waals surface area contributed by atoms with E-state index in [4.69, 9.17) is 17.0 Å². The second kappa shape index (κ2) is 8.75. The number of nitrogens with zero attached hydrogens (tertiary/aromatic N) is 1. The fourth-order valence-electron chi connectivity index (χ4n) is 1.83. The van der Waals surface area contributed by atoms with Crippen molar-refractivity contribution in [3.05, 3.63) is 65.2 Å². The van der Waals surface area contributed by atoms with Crippen LogP contribution in [0.1, 0.15) is 18.1 Å². The summed E-state index contributed by atoms with van der Waals surface area (Å²) in [5, 5.41) is 4.19. The number of halogens is 2. The Morgan fingerprint density at radius 2 is 1.92 bits per heavy atom. The lowest BCUT2D eigenvalue weighted by atomic mass is 10.1. The molecule has 0 saturated carbocycles. The summed E-state index contributed by atoms with van der Waals surface area (Å²) in [6.07, 6.45) is 1.87. The van der Waals surface area contributed by atoms with Crippen molar-refractivity contribution >= 4 is 34.0 Å². The minimum absolute atomic E-state index is 0.0298. The van der Waals surface area contributed by atoms with E-state index < -0.39 is 11.6 Å². The van der Waals surface area contributed by atoms with Crippen LogP contribution in [-0.2, 0) is 6.61 Å². The smallest absolute Gasteiger partial charge is 0.153 e. The van der Waals surface area contributed by atoms with Gasteiger partial charge in [0.05, 0.1) is 5.71 Å². The molecule has 0 bridgehead atoms.